The molecule has 0 saturated heterocycles. The van der Waals surface area contributed by atoms with Crippen molar-refractivity contribution in [3.63, 3.8) is 0 Å². The lowest BCUT2D eigenvalue weighted by Crippen LogP contribution is -2.26. The fraction of sp³-hybridized carbons (Fsp3) is 0.222. The Morgan fingerprint density at radius 2 is 1.50 bits per heavy atom. The van der Waals surface area contributed by atoms with Crippen LogP contribution in [0.2, 0.25) is 0 Å². The Labute approximate surface area is 127 Å². The van der Waals surface area contributed by atoms with Crippen molar-refractivity contribution in [1.82, 2.24) is 4.90 Å². The minimum Gasteiger partial charge on any atom is -0.284 e. The van der Waals surface area contributed by atoms with Gasteiger partial charge in [0.2, 0.25) is 0 Å². The first kappa shape index (κ1) is 14.9. The third-order valence-corrected chi connectivity index (χ3v) is 3.86. The molecular formula is C18H16F3N. The zero-order valence-electron chi connectivity index (χ0n) is 11.9. The van der Waals surface area contributed by atoms with E-state index in [1.165, 1.54) is 6.08 Å². The maximum atomic E-state index is 13.1. The molecule has 3 rings (SSSR count). The number of alkyl halides is 3. The zero-order chi connectivity index (χ0) is 15.6. The van der Waals surface area contributed by atoms with Gasteiger partial charge >= 0.3 is 6.18 Å². The van der Waals surface area contributed by atoms with Crippen LogP contribution < -0.4 is 0 Å². The van der Waals surface area contributed by atoms with Gasteiger partial charge < -0.3 is 0 Å². The van der Waals surface area contributed by atoms with Crippen molar-refractivity contribution in [2.24, 2.45) is 0 Å². The Morgan fingerprint density at radius 1 is 0.909 bits per heavy atom. The molecule has 1 unspecified atom stereocenters. The van der Waals surface area contributed by atoms with Gasteiger partial charge in [-0.1, -0.05) is 66.7 Å². The minimum atomic E-state index is -4.27. The van der Waals surface area contributed by atoms with Crippen LogP contribution in [-0.2, 0) is 6.54 Å². The highest BCUT2D eigenvalue weighted by Crippen LogP contribution is 2.38. The fourth-order valence-corrected chi connectivity index (χ4v) is 2.78. The summed E-state index contributed by atoms with van der Waals surface area (Å²) in [6.07, 6.45) is -2.92. The van der Waals surface area contributed by atoms with E-state index < -0.39 is 11.7 Å². The van der Waals surface area contributed by atoms with Crippen molar-refractivity contribution >= 4 is 0 Å². The average molecular weight is 303 g/mol. The topological polar surface area (TPSA) is 3.24 Å². The predicted octanol–water partition coefficient (Wildman–Crippen LogP) is 4.73. The second kappa shape index (κ2) is 5.97. The molecule has 114 valence electrons. The fourth-order valence-electron chi connectivity index (χ4n) is 2.78. The largest absolute Gasteiger partial charge is 0.413 e. The van der Waals surface area contributed by atoms with Gasteiger partial charge in [0, 0.05) is 18.7 Å². The van der Waals surface area contributed by atoms with Crippen LogP contribution in [0, 0.1) is 0 Å². The van der Waals surface area contributed by atoms with Crippen LogP contribution in [0.25, 0.3) is 0 Å². The molecule has 22 heavy (non-hydrogen) atoms. The van der Waals surface area contributed by atoms with Crippen molar-refractivity contribution in [3.8, 4) is 0 Å². The Balaban J connectivity index is 1.88. The smallest absolute Gasteiger partial charge is 0.284 e. The Morgan fingerprint density at radius 3 is 2.09 bits per heavy atom. The monoisotopic (exact) mass is 303 g/mol. The van der Waals surface area contributed by atoms with E-state index in [1.54, 1.807) is 0 Å². The molecule has 2 aromatic carbocycles. The van der Waals surface area contributed by atoms with Gasteiger partial charge in [-0.15, -0.1) is 0 Å². The van der Waals surface area contributed by atoms with Crippen molar-refractivity contribution < 1.29 is 13.2 Å². The van der Waals surface area contributed by atoms with Crippen LogP contribution in [0.15, 0.2) is 72.3 Å². The molecule has 1 atom stereocenters. The number of hydrogen-bond donors (Lipinski definition) is 0. The van der Waals surface area contributed by atoms with Gasteiger partial charge in [0.25, 0.3) is 0 Å². The van der Waals surface area contributed by atoms with Crippen molar-refractivity contribution in [1.29, 1.82) is 0 Å². The van der Waals surface area contributed by atoms with Gasteiger partial charge in [0.05, 0.1) is 6.04 Å². The van der Waals surface area contributed by atoms with Crippen LogP contribution in [0.4, 0.5) is 13.2 Å². The van der Waals surface area contributed by atoms with Crippen LogP contribution in [-0.4, -0.2) is 17.6 Å². The summed E-state index contributed by atoms with van der Waals surface area (Å²) in [6.45, 7) is 0.425. The molecule has 2 aromatic rings. The Hall–Kier alpha value is -2.07. The quantitative estimate of drug-likeness (QED) is 0.741. The number of nitrogens with zero attached hydrogens (tertiary/aromatic N) is 1. The van der Waals surface area contributed by atoms with Gasteiger partial charge in [-0.25, -0.2) is 0 Å². The summed E-state index contributed by atoms with van der Waals surface area (Å²) in [5.41, 5.74) is 1.44. The second-order valence-corrected chi connectivity index (χ2v) is 5.44. The first-order valence-electron chi connectivity index (χ1n) is 7.15. The number of benzene rings is 2. The third-order valence-electron chi connectivity index (χ3n) is 3.86. The summed E-state index contributed by atoms with van der Waals surface area (Å²) < 4.78 is 39.2. The molecular weight excluding hydrogens is 287 g/mol. The molecule has 0 radical (unpaired) electrons. The molecule has 1 aliphatic heterocycles. The first-order valence-corrected chi connectivity index (χ1v) is 7.15. The second-order valence-electron chi connectivity index (χ2n) is 5.44. The lowest BCUT2D eigenvalue weighted by molar-refractivity contribution is -0.0937. The molecule has 1 nitrogen and oxygen atoms in total. The number of rotatable bonds is 3. The van der Waals surface area contributed by atoms with E-state index in [9.17, 15) is 13.2 Å². The summed E-state index contributed by atoms with van der Waals surface area (Å²) in [6, 6.07) is 18.6. The Bertz CT molecular complexity index is 647. The molecule has 0 aromatic heterocycles. The SMILES string of the molecule is FC(F)(F)C1=CC(c2ccccc2)N(Cc2ccccc2)C1. The number of hydrogen-bond acceptors (Lipinski definition) is 1. The van der Waals surface area contributed by atoms with Crippen molar-refractivity contribution in [2.75, 3.05) is 6.54 Å². The van der Waals surface area contributed by atoms with E-state index in [1.807, 2.05) is 65.6 Å². The summed E-state index contributed by atoms with van der Waals surface area (Å²) >= 11 is 0. The summed E-state index contributed by atoms with van der Waals surface area (Å²) in [4.78, 5) is 1.85. The van der Waals surface area contributed by atoms with Gasteiger partial charge in [-0.2, -0.15) is 13.2 Å². The van der Waals surface area contributed by atoms with E-state index in [0.29, 0.717) is 6.54 Å². The van der Waals surface area contributed by atoms with Crippen LogP contribution in [0.1, 0.15) is 17.2 Å². The lowest BCUT2D eigenvalue weighted by atomic mass is 10.1. The van der Waals surface area contributed by atoms with Gasteiger partial charge in [-0.05, 0) is 11.1 Å². The van der Waals surface area contributed by atoms with Crippen LogP contribution >= 0.6 is 0 Å². The normalized spacial score (nSPS) is 19.2. The van der Waals surface area contributed by atoms with E-state index in [2.05, 4.69) is 0 Å². The van der Waals surface area contributed by atoms with Gasteiger partial charge in [-0.3, -0.25) is 4.90 Å². The predicted molar refractivity (Wildman–Crippen MR) is 80.2 cm³/mol. The van der Waals surface area contributed by atoms with Crippen molar-refractivity contribution in [2.45, 2.75) is 18.8 Å². The van der Waals surface area contributed by atoms with E-state index in [-0.39, 0.29) is 12.6 Å². The maximum Gasteiger partial charge on any atom is 0.413 e. The van der Waals surface area contributed by atoms with Gasteiger partial charge in [0.15, 0.2) is 0 Å². The molecule has 0 N–H and O–H groups in total. The van der Waals surface area contributed by atoms with E-state index in [0.717, 1.165) is 11.1 Å². The van der Waals surface area contributed by atoms with E-state index in [4.69, 9.17) is 0 Å². The lowest BCUT2D eigenvalue weighted by Gasteiger charge is -2.25. The van der Waals surface area contributed by atoms with Gasteiger partial charge in [0.1, 0.15) is 0 Å². The molecule has 0 saturated carbocycles. The van der Waals surface area contributed by atoms with E-state index >= 15 is 0 Å². The standard InChI is InChI=1S/C18H16F3N/c19-18(20,21)16-11-17(15-9-5-2-6-10-15)22(13-16)12-14-7-3-1-4-8-14/h1-11,17H,12-13H2. The van der Waals surface area contributed by atoms with Crippen LogP contribution in [0.5, 0.6) is 0 Å². The van der Waals surface area contributed by atoms with Crippen molar-refractivity contribution in [3.05, 3.63) is 83.4 Å². The molecule has 0 aliphatic carbocycles. The molecule has 1 aliphatic rings. The molecule has 0 amide bonds. The molecule has 0 fully saturated rings. The molecule has 1 heterocycles. The molecule has 0 bridgehead atoms. The minimum absolute atomic E-state index is 0.0715. The summed E-state index contributed by atoms with van der Waals surface area (Å²) in [5.74, 6) is 0. The highest BCUT2D eigenvalue weighted by molar-refractivity contribution is 5.31. The summed E-state index contributed by atoms with van der Waals surface area (Å²) in [7, 11) is 0. The average Bonchev–Trinajstić information content (AvgIpc) is 2.93. The number of halogens is 3. The zero-order valence-corrected chi connectivity index (χ0v) is 11.9. The molecule has 0 spiro atoms. The van der Waals surface area contributed by atoms with Crippen LogP contribution in [0.3, 0.4) is 0 Å². The highest BCUT2D eigenvalue weighted by Gasteiger charge is 2.40. The summed E-state index contributed by atoms with van der Waals surface area (Å²) in [5, 5.41) is 0. The molecule has 4 heteroatoms. The Kier molecular flexibility index (Phi) is 4.03. The third kappa shape index (κ3) is 3.22. The highest BCUT2D eigenvalue weighted by atomic mass is 19.4. The first-order chi connectivity index (χ1) is 10.5. The maximum absolute atomic E-state index is 13.1.